The summed E-state index contributed by atoms with van der Waals surface area (Å²) in [6.07, 6.45) is 0.865. The summed E-state index contributed by atoms with van der Waals surface area (Å²) in [4.78, 5) is 11.2. The van der Waals surface area contributed by atoms with Gasteiger partial charge in [-0.1, -0.05) is 24.6 Å². The van der Waals surface area contributed by atoms with Gasteiger partial charge in [0.15, 0.2) is 0 Å². The maximum Gasteiger partial charge on any atom is 0.352 e. The van der Waals surface area contributed by atoms with E-state index in [2.05, 4.69) is 22.6 Å². The van der Waals surface area contributed by atoms with Crippen LogP contribution in [0.15, 0.2) is 30.3 Å². The number of carbonyl (C=O) groups is 1. The normalized spacial score (nSPS) is 10.7. The first kappa shape index (κ1) is 14.4. The van der Waals surface area contributed by atoms with E-state index in [4.69, 9.17) is 11.6 Å². The Morgan fingerprint density at radius 1 is 1.37 bits per heavy atom. The van der Waals surface area contributed by atoms with Crippen molar-refractivity contribution in [1.29, 1.82) is 0 Å². The Kier molecular flexibility index (Phi) is 4.52. The second kappa shape index (κ2) is 5.96. The van der Waals surface area contributed by atoms with Crippen LogP contribution in [-0.4, -0.2) is 15.6 Å². The lowest BCUT2D eigenvalue weighted by Crippen LogP contribution is -2.09. The van der Waals surface area contributed by atoms with E-state index in [0.29, 0.717) is 17.3 Å². The van der Waals surface area contributed by atoms with Crippen molar-refractivity contribution in [1.82, 2.24) is 4.57 Å². The summed E-state index contributed by atoms with van der Waals surface area (Å²) < 4.78 is 2.86. The number of benzene rings is 1. The average Bonchev–Trinajstić information content (AvgIpc) is 2.73. The summed E-state index contributed by atoms with van der Waals surface area (Å²) in [5, 5.41) is 9.85. The number of carboxylic acids is 1. The Morgan fingerprint density at radius 2 is 2.11 bits per heavy atom. The molecule has 0 saturated heterocycles. The Bertz CT molecular complexity index is 622. The molecule has 0 aliphatic heterocycles. The molecule has 1 aromatic carbocycles. The first-order valence-electron chi connectivity index (χ1n) is 5.92. The first-order valence-corrected chi connectivity index (χ1v) is 7.38. The van der Waals surface area contributed by atoms with Crippen LogP contribution in [-0.2, 0) is 6.54 Å². The van der Waals surface area contributed by atoms with Gasteiger partial charge in [0, 0.05) is 15.7 Å². The molecule has 5 heteroatoms. The van der Waals surface area contributed by atoms with E-state index in [1.165, 1.54) is 0 Å². The first-order chi connectivity index (χ1) is 9.04. The van der Waals surface area contributed by atoms with E-state index < -0.39 is 5.97 Å². The largest absolute Gasteiger partial charge is 0.477 e. The second-order valence-corrected chi connectivity index (χ2v) is 5.84. The molecule has 0 atom stereocenters. The SMILES string of the molecule is CCCn1c(C(=O)O)ccc1-c1ccc(I)cc1Cl. The van der Waals surface area contributed by atoms with Crippen molar-refractivity contribution in [3.63, 3.8) is 0 Å². The van der Waals surface area contributed by atoms with Crippen molar-refractivity contribution in [3.8, 4) is 11.3 Å². The summed E-state index contributed by atoms with van der Waals surface area (Å²) >= 11 is 8.46. The summed E-state index contributed by atoms with van der Waals surface area (Å²) in [5.41, 5.74) is 2.01. The molecule has 2 aromatic rings. The highest BCUT2D eigenvalue weighted by atomic mass is 127. The zero-order chi connectivity index (χ0) is 14.0. The maximum absolute atomic E-state index is 11.2. The number of hydrogen-bond donors (Lipinski definition) is 1. The van der Waals surface area contributed by atoms with Gasteiger partial charge in [-0.05, 0) is 53.3 Å². The van der Waals surface area contributed by atoms with E-state index in [1.807, 2.05) is 31.2 Å². The molecule has 0 spiro atoms. The van der Waals surface area contributed by atoms with Gasteiger partial charge in [0.1, 0.15) is 5.69 Å². The molecule has 0 radical (unpaired) electrons. The number of aromatic nitrogens is 1. The van der Waals surface area contributed by atoms with Gasteiger partial charge in [-0.3, -0.25) is 0 Å². The number of nitrogens with zero attached hydrogens (tertiary/aromatic N) is 1. The van der Waals surface area contributed by atoms with Gasteiger partial charge in [-0.2, -0.15) is 0 Å². The molecular weight excluding hydrogens is 377 g/mol. The number of aromatic carboxylic acids is 1. The lowest BCUT2D eigenvalue weighted by atomic mass is 10.1. The highest BCUT2D eigenvalue weighted by Gasteiger charge is 2.16. The van der Waals surface area contributed by atoms with Crippen LogP contribution in [0.3, 0.4) is 0 Å². The van der Waals surface area contributed by atoms with E-state index >= 15 is 0 Å². The summed E-state index contributed by atoms with van der Waals surface area (Å²) in [7, 11) is 0. The molecule has 0 unspecified atom stereocenters. The van der Waals surface area contributed by atoms with E-state index in [0.717, 1.165) is 21.2 Å². The van der Waals surface area contributed by atoms with Crippen molar-refractivity contribution in [2.45, 2.75) is 19.9 Å². The quantitative estimate of drug-likeness (QED) is 0.781. The third kappa shape index (κ3) is 2.95. The smallest absolute Gasteiger partial charge is 0.352 e. The van der Waals surface area contributed by atoms with Crippen molar-refractivity contribution in [2.75, 3.05) is 0 Å². The molecule has 1 N–H and O–H groups in total. The van der Waals surface area contributed by atoms with Crippen LogP contribution in [0.5, 0.6) is 0 Å². The fourth-order valence-electron chi connectivity index (χ4n) is 2.05. The minimum Gasteiger partial charge on any atom is -0.477 e. The number of rotatable bonds is 4. The van der Waals surface area contributed by atoms with Crippen LogP contribution >= 0.6 is 34.2 Å². The highest BCUT2D eigenvalue weighted by molar-refractivity contribution is 14.1. The molecule has 100 valence electrons. The average molecular weight is 390 g/mol. The fraction of sp³-hybridized carbons (Fsp3) is 0.214. The number of carboxylic acid groups (broad SMARTS) is 1. The van der Waals surface area contributed by atoms with E-state index in [9.17, 15) is 9.90 Å². The molecule has 0 aliphatic carbocycles. The minimum absolute atomic E-state index is 0.298. The Labute approximate surface area is 130 Å². The molecule has 0 aliphatic rings. The van der Waals surface area contributed by atoms with Gasteiger partial charge >= 0.3 is 5.97 Å². The van der Waals surface area contributed by atoms with E-state index in [1.54, 1.807) is 10.6 Å². The van der Waals surface area contributed by atoms with Gasteiger partial charge in [0.05, 0.1) is 10.7 Å². The van der Waals surface area contributed by atoms with Crippen LogP contribution in [0.25, 0.3) is 11.3 Å². The van der Waals surface area contributed by atoms with Gasteiger partial charge in [-0.15, -0.1) is 0 Å². The molecule has 0 bridgehead atoms. The van der Waals surface area contributed by atoms with Crippen molar-refractivity contribution in [3.05, 3.63) is 44.6 Å². The van der Waals surface area contributed by atoms with Gasteiger partial charge in [0.2, 0.25) is 0 Å². The Morgan fingerprint density at radius 3 is 2.68 bits per heavy atom. The van der Waals surface area contributed by atoms with Crippen LogP contribution in [0.4, 0.5) is 0 Å². The lowest BCUT2D eigenvalue weighted by Gasteiger charge is -2.12. The molecular formula is C14H13ClINO2. The van der Waals surface area contributed by atoms with Crippen LogP contribution < -0.4 is 0 Å². The minimum atomic E-state index is -0.915. The predicted octanol–water partition coefficient (Wildman–Crippen LogP) is 4.52. The van der Waals surface area contributed by atoms with Crippen molar-refractivity contribution in [2.24, 2.45) is 0 Å². The molecule has 0 amide bonds. The third-order valence-corrected chi connectivity index (χ3v) is 3.84. The molecule has 19 heavy (non-hydrogen) atoms. The molecule has 3 nitrogen and oxygen atoms in total. The Balaban J connectivity index is 2.58. The second-order valence-electron chi connectivity index (χ2n) is 4.18. The third-order valence-electron chi connectivity index (χ3n) is 2.85. The monoisotopic (exact) mass is 389 g/mol. The van der Waals surface area contributed by atoms with Gasteiger partial charge < -0.3 is 9.67 Å². The molecule has 0 saturated carbocycles. The van der Waals surface area contributed by atoms with Crippen LogP contribution in [0.2, 0.25) is 5.02 Å². The number of hydrogen-bond acceptors (Lipinski definition) is 1. The van der Waals surface area contributed by atoms with Crippen molar-refractivity contribution < 1.29 is 9.90 Å². The maximum atomic E-state index is 11.2. The van der Waals surface area contributed by atoms with Crippen LogP contribution in [0, 0.1) is 3.57 Å². The standard InChI is InChI=1S/C14H13ClINO2/c1-2-7-17-12(5-6-13(17)14(18)19)10-4-3-9(16)8-11(10)15/h3-6,8H,2,7H2,1H3,(H,18,19). The topological polar surface area (TPSA) is 42.2 Å². The van der Waals surface area contributed by atoms with E-state index in [-0.39, 0.29) is 0 Å². The molecule has 0 fully saturated rings. The summed E-state index contributed by atoms with van der Waals surface area (Å²) in [6, 6.07) is 9.21. The fourth-order valence-corrected chi connectivity index (χ4v) is 3.00. The van der Waals surface area contributed by atoms with Gasteiger partial charge in [0.25, 0.3) is 0 Å². The zero-order valence-electron chi connectivity index (χ0n) is 10.4. The predicted molar refractivity (Wildman–Crippen MR) is 84.8 cm³/mol. The molecule has 1 aromatic heterocycles. The zero-order valence-corrected chi connectivity index (χ0v) is 13.3. The van der Waals surface area contributed by atoms with Gasteiger partial charge in [-0.25, -0.2) is 4.79 Å². The summed E-state index contributed by atoms with van der Waals surface area (Å²) in [6.45, 7) is 2.68. The lowest BCUT2D eigenvalue weighted by molar-refractivity contribution is 0.0685. The molecule has 2 rings (SSSR count). The van der Waals surface area contributed by atoms with Crippen molar-refractivity contribution >= 4 is 40.2 Å². The Hall–Kier alpha value is -1.01. The van der Waals surface area contributed by atoms with Crippen LogP contribution in [0.1, 0.15) is 23.8 Å². The molecule has 1 heterocycles. The number of halogens is 2. The highest BCUT2D eigenvalue weighted by Crippen LogP contribution is 2.31. The summed E-state index contributed by atoms with van der Waals surface area (Å²) in [5.74, 6) is -0.915.